The quantitative estimate of drug-likeness (QED) is 0.502. The Morgan fingerprint density at radius 3 is 2.44 bits per heavy atom. The van der Waals surface area contributed by atoms with Crippen LogP contribution in [0, 0.1) is 60.2 Å². The topological polar surface area (TPSA) is 127 Å². The van der Waals surface area contributed by atoms with E-state index in [4.69, 9.17) is 10.5 Å². The van der Waals surface area contributed by atoms with E-state index in [0.717, 1.165) is 18.4 Å². The van der Waals surface area contributed by atoms with E-state index in [2.05, 4.69) is 45.1 Å². The van der Waals surface area contributed by atoms with Crippen molar-refractivity contribution in [2.24, 2.45) is 28.4 Å². The Hall–Kier alpha value is -2.70. The van der Waals surface area contributed by atoms with Crippen LogP contribution in [0.1, 0.15) is 52.0 Å². The van der Waals surface area contributed by atoms with E-state index in [1.165, 1.54) is 0 Å². The molecule has 0 fully saturated rings. The van der Waals surface area contributed by atoms with Gasteiger partial charge in [0, 0.05) is 5.92 Å². The molecule has 0 bridgehead atoms. The average Bonchev–Trinajstić information content (AvgIpc) is 2.75. The lowest BCUT2D eigenvalue weighted by Gasteiger charge is -2.47. The third-order valence-electron chi connectivity index (χ3n) is 6.81. The number of phenolic OH excluding ortho intramolecular Hbond substituents is 1. The molecule has 32 heavy (non-hydrogen) atoms. The van der Waals surface area contributed by atoms with Crippen LogP contribution in [0.3, 0.4) is 0 Å². The number of nitrogens with two attached hydrogens (primary N) is 1. The standard InChI is InChI=1S/C25H27IN4O2/c1-5-32-20-9-14(8-19(26)22(20)31)21-17-10-15(24(2,3)4)6-7-16(17)18(11-27)23(30)25(21,12-28)13-29/h7-9,15,17,21,31H,5-6,10,30H2,1-4H3/t15-,17-,21+/m1/s1. The highest BCUT2D eigenvalue weighted by atomic mass is 127. The van der Waals surface area contributed by atoms with Crippen molar-refractivity contribution in [3.63, 3.8) is 0 Å². The molecule has 2 aliphatic rings. The van der Waals surface area contributed by atoms with Gasteiger partial charge in [0.15, 0.2) is 16.9 Å². The van der Waals surface area contributed by atoms with Crippen LogP contribution in [0.5, 0.6) is 11.5 Å². The molecule has 2 aliphatic carbocycles. The number of hydrogen-bond acceptors (Lipinski definition) is 6. The van der Waals surface area contributed by atoms with Gasteiger partial charge in [0.2, 0.25) is 0 Å². The second-order valence-corrected chi connectivity index (χ2v) is 10.7. The molecule has 166 valence electrons. The van der Waals surface area contributed by atoms with Gasteiger partial charge in [0.25, 0.3) is 0 Å². The van der Waals surface area contributed by atoms with Crippen molar-refractivity contribution in [1.29, 1.82) is 15.8 Å². The van der Waals surface area contributed by atoms with E-state index in [9.17, 15) is 20.9 Å². The SMILES string of the molecule is CCOc1cc([C@H]2[C@@H]3C[C@H](C(C)(C)C)CC=C3C(C#N)=C(N)C2(C#N)C#N)cc(I)c1O. The van der Waals surface area contributed by atoms with E-state index in [0.29, 0.717) is 27.4 Å². The van der Waals surface area contributed by atoms with Crippen molar-refractivity contribution in [1.82, 2.24) is 0 Å². The number of rotatable bonds is 3. The largest absolute Gasteiger partial charge is 0.504 e. The molecule has 3 N–H and O–H groups in total. The predicted molar refractivity (Wildman–Crippen MR) is 129 cm³/mol. The number of ether oxygens (including phenoxy) is 1. The molecule has 1 aromatic rings. The number of aromatic hydroxyl groups is 1. The normalized spacial score (nSPS) is 24.4. The lowest BCUT2D eigenvalue weighted by Crippen LogP contribution is -2.44. The smallest absolute Gasteiger partial charge is 0.191 e. The number of fused-ring (bicyclic) bond motifs is 1. The van der Waals surface area contributed by atoms with Crippen LogP contribution in [0.2, 0.25) is 0 Å². The summed E-state index contributed by atoms with van der Waals surface area (Å²) in [5, 5.41) is 40.9. The first-order valence-electron chi connectivity index (χ1n) is 10.6. The summed E-state index contributed by atoms with van der Waals surface area (Å²) in [7, 11) is 0. The zero-order valence-corrected chi connectivity index (χ0v) is 20.9. The van der Waals surface area contributed by atoms with Crippen molar-refractivity contribution in [2.75, 3.05) is 6.61 Å². The van der Waals surface area contributed by atoms with Crippen molar-refractivity contribution in [3.8, 4) is 29.7 Å². The Morgan fingerprint density at radius 1 is 1.25 bits per heavy atom. The molecule has 0 amide bonds. The molecule has 7 heteroatoms. The average molecular weight is 542 g/mol. The minimum atomic E-state index is -1.70. The van der Waals surface area contributed by atoms with Gasteiger partial charge in [0.05, 0.1) is 33.6 Å². The minimum absolute atomic E-state index is 0.00718. The van der Waals surface area contributed by atoms with Crippen LogP contribution < -0.4 is 10.5 Å². The maximum absolute atomic E-state index is 10.5. The first-order valence-corrected chi connectivity index (χ1v) is 11.7. The summed E-state index contributed by atoms with van der Waals surface area (Å²) >= 11 is 2.02. The number of nitrogens with zero attached hydrogens (tertiary/aromatic N) is 3. The Morgan fingerprint density at radius 2 is 1.91 bits per heavy atom. The lowest BCUT2D eigenvalue weighted by atomic mass is 9.54. The molecule has 3 rings (SSSR count). The summed E-state index contributed by atoms with van der Waals surface area (Å²) in [4.78, 5) is 0. The van der Waals surface area contributed by atoms with Crippen molar-refractivity contribution in [2.45, 2.75) is 46.5 Å². The monoisotopic (exact) mass is 542 g/mol. The third kappa shape index (κ3) is 3.71. The van der Waals surface area contributed by atoms with E-state index in [1.807, 2.05) is 29.5 Å². The first kappa shape index (κ1) is 24.0. The number of hydrogen-bond donors (Lipinski definition) is 2. The van der Waals surface area contributed by atoms with Crippen LogP contribution in [0.4, 0.5) is 0 Å². The van der Waals surface area contributed by atoms with Gasteiger partial charge < -0.3 is 15.6 Å². The van der Waals surface area contributed by atoms with Crippen LogP contribution in [0.25, 0.3) is 0 Å². The van der Waals surface area contributed by atoms with E-state index in [1.54, 1.807) is 12.1 Å². The maximum Gasteiger partial charge on any atom is 0.191 e. The summed E-state index contributed by atoms with van der Waals surface area (Å²) in [5.74, 6) is -0.180. The summed E-state index contributed by atoms with van der Waals surface area (Å²) in [5.41, 5.74) is 6.50. The van der Waals surface area contributed by atoms with Gasteiger partial charge in [-0.2, -0.15) is 15.8 Å². The van der Waals surface area contributed by atoms with Gasteiger partial charge in [-0.3, -0.25) is 0 Å². The van der Waals surface area contributed by atoms with Gasteiger partial charge in [-0.1, -0.05) is 26.8 Å². The predicted octanol–water partition coefficient (Wildman–Crippen LogP) is 5.26. The van der Waals surface area contributed by atoms with Gasteiger partial charge in [-0.15, -0.1) is 0 Å². The van der Waals surface area contributed by atoms with Gasteiger partial charge in [-0.05, 0) is 82.9 Å². The van der Waals surface area contributed by atoms with E-state index < -0.39 is 11.3 Å². The molecule has 0 aromatic heterocycles. The molecule has 0 radical (unpaired) electrons. The fourth-order valence-corrected chi connectivity index (χ4v) is 5.64. The molecule has 3 atom stereocenters. The Balaban J connectivity index is 2.34. The Kier molecular flexibility index (Phi) is 6.50. The van der Waals surface area contributed by atoms with Crippen molar-refractivity contribution >= 4 is 22.6 Å². The van der Waals surface area contributed by atoms with Gasteiger partial charge in [0.1, 0.15) is 6.07 Å². The number of nitriles is 3. The molecule has 0 heterocycles. The number of allylic oxidation sites excluding steroid dienone is 4. The van der Waals surface area contributed by atoms with Crippen LogP contribution in [-0.4, -0.2) is 11.7 Å². The lowest BCUT2D eigenvalue weighted by molar-refractivity contribution is 0.170. The molecule has 0 saturated carbocycles. The fraction of sp³-hybridized carbons (Fsp3) is 0.480. The van der Waals surface area contributed by atoms with Crippen LogP contribution >= 0.6 is 22.6 Å². The third-order valence-corrected chi connectivity index (χ3v) is 7.63. The van der Waals surface area contributed by atoms with Gasteiger partial charge in [-0.25, -0.2) is 0 Å². The first-order chi connectivity index (χ1) is 15.0. The van der Waals surface area contributed by atoms with E-state index in [-0.39, 0.29) is 28.4 Å². The number of phenols is 1. The summed E-state index contributed by atoms with van der Waals surface area (Å²) in [6.45, 7) is 8.73. The molecule has 1 aromatic carbocycles. The summed E-state index contributed by atoms with van der Waals surface area (Å²) in [6, 6.07) is 10.0. The molecule has 0 unspecified atom stereocenters. The second kappa shape index (κ2) is 8.68. The molecular weight excluding hydrogens is 515 g/mol. The van der Waals surface area contributed by atoms with Crippen LogP contribution in [-0.2, 0) is 0 Å². The molecule has 0 spiro atoms. The molecule has 0 saturated heterocycles. The van der Waals surface area contributed by atoms with Crippen molar-refractivity contribution < 1.29 is 9.84 Å². The molecule has 0 aliphatic heterocycles. The Labute approximate surface area is 203 Å². The number of benzene rings is 1. The minimum Gasteiger partial charge on any atom is -0.504 e. The number of halogens is 1. The summed E-state index contributed by atoms with van der Waals surface area (Å²) < 4.78 is 6.20. The van der Waals surface area contributed by atoms with Crippen molar-refractivity contribution in [3.05, 3.63) is 44.2 Å². The summed E-state index contributed by atoms with van der Waals surface area (Å²) in [6.07, 6.45) is 3.60. The maximum atomic E-state index is 10.5. The molecular formula is C25H27IN4O2. The fourth-order valence-electron chi connectivity index (χ4n) is 5.01. The van der Waals surface area contributed by atoms with E-state index >= 15 is 0 Å². The highest BCUT2D eigenvalue weighted by Gasteiger charge is 2.55. The second-order valence-electron chi connectivity index (χ2n) is 9.49. The molecule has 6 nitrogen and oxygen atoms in total. The van der Waals surface area contributed by atoms with Gasteiger partial charge >= 0.3 is 0 Å². The van der Waals surface area contributed by atoms with Crippen LogP contribution in [0.15, 0.2) is 35.1 Å². The Bertz CT molecular complexity index is 1110. The zero-order chi connectivity index (χ0) is 23.8. The highest BCUT2D eigenvalue weighted by molar-refractivity contribution is 14.1. The highest BCUT2D eigenvalue weighted by Crippen LogP contribution is 2.58. The zero-order valence-electron chi connectivity index (χ0n) is 18.7.